The summed E-state index contributed by atoms with van der Waals surface area (Å²) in [6.07, 6.45) is 0.631. The van der Waals surface area contributed by atoms with Crippen molar-refractivity contribution in [2.45, 2.75) is 72.1 Å². The highest BCUT2D eigenvalue weighted by Gasteiger charge is 2.82. The van der Waals surface area contributed by atoms with Crippen molar-refractivity contribution in [3.63, 3.8) is 0 Å². The molecule has 0 aromatic carbocycles. The molecule has 10 atom stereocenters. The van der Waals surface area contributed by atoms with Gasteiger partial charge in [0.1, 0.15) is 0 Å². The Balaban J connectivity index is 0.000000147. The first-order chi connectivity index (χ1) is 21.5. The van der Waals surface area contributed by atoms with Gasteiger partial charge in [-0.3, -0.25) is 19.2 Å². The topological polar surface area (TPSA) is 129 Å². The highest BCUT2D eigenvalue weighted by Crippen LogP contribution is 2.66. The van der Waals surface area contributed by atoms with E-state index < -0.39 is 61.3 Å². The fourth-order valence-corrected chi connectivity index (χ4v) is 17.4. The van der Waals surface area contributed by atoms with E-state index in [9.17, 15) is 29.7 Å². The van der Waals surface area contributed by atoms with Crippen LogP contribution in [0.15, 0.2) is 35.0 Å². The van der Waals surface area contributed by atoms with Crippen LogP contribution in [-0.4, -0.2) is 76.8 Å². The quantitative estimate of drug-likeness (QED) is 0.462. The monoisotopic (exact) mass is 730 g/mol. The van der Waals surface area contributed by atoms with E-state index in [4.69, 9.17) is 22.4 Å². The molecule has 2 spiro atoms. The van der Waals surface area contributed by atoms with Gasteiger partial charge in [-0.15, -0.1) is 22.7 Å². The minimum atomic E-state index is -1.03. The number of piperazine rings is 2. The molecule has 6 aliphatic rings. The number of nitrogens with zero attached hydrogens (tertiary/aromatic N) is 6. The lowest BCUT2D eigenvalue weighted by Crippen LogP contribution is -2.60. The summed E-state index contributed by atoms with van der Waals surface area (Å²) in [6.45, 7) is 7.22. The molecule has 4 bridgehead atoms. The molecule has 10 nitrogen and oxygen atoms in total. The summed E-state index contributed by atoms with van der Waals surface area (Å²) in [5.41, 5.74) is -1.63. The Morgan fingerprint density at radius 2 is 1.07 bits per heavy atom. The fraction of sp³-hybridized carbons (Fsp3) is 0.533. The Morgan fingerprint density at radius 3 is 1.35 bits per heavy atom. The summed E-state index contributed by atoms with van der Waals surface area (Å²) in [4.78, 5) is 56.7. The third-order valence-corrected chi connectivity index (χ3v) is 21.0. The first kappa shape index (κ1) is 32.0. The zero-order valence-corrected chi connectivity index (χ0v) is 30.7. The van der Waals surface area contributed by atoms with E-state index in [1.807, 2.05) is 48.9 Å². The number of nitriles is 2. The molecule has 2 aromatic heterocycles. The minimum Gasteiger partial charge on any atom is -0.320 e. The number of hydrogen-bond donors (Lipinski definition) is 0. The number of fused-ring (bicyclic) bond motifs is 2. The molecule has 16 heteroatoms. The molecule has 0 radical (unpaired) electrons. The molecule has 6 saturated heterocycles. The van der Waals surface area contributed by atoms with Gasteiger partial charge in [-0.1, -0.05) is 31.0 Å². The first-order valence-electron chi connectivity index (χ1n) is 14.5. The summed E-state index contributed by atoms with van der Waals surface area (Å²) in [6, 6.07) is 11.6. The second-order valence-electron chi connectivity index (χ2n) is 13.4. The molecule has 0 N–H and O–H groups in total. The number of likely N-dealkylation sites (N-methyl/N-ethyl adjacent to an activating group) is 2. The van der Waals surface area contributed by atoms with Gasteiger partial charge < -0.3 is 19.6 Å². The fourth-order valence-electron chi connectivity index (χ4n) is 8.42. The highest BCUT2D eigenvalue weighted by atomic mass is 32.8. The molecule has 0 saturated carbocycles. The zero-order valence-electron chi connectivity index (χ0n) is 25.8. The molecule has 240 valence electrons. The number of hydrogen-bond acceptors (Lipinski definition) is 10. The molecule has 6 aliphatic heterocycles. The Kier molecular flexibility index (Phi) is 6.61. The lowest BCUT2D eigenvalue weighted by molar-refractivity contribution is -0.159. The van der Waals surface area contributed by atoms with Crippen LogP contribution in [0.5, 0.6) is 0 Å². The Morgan fingerprint density at radius 1 is 0.717 bits per heavy atom. The van der Waals surface area contributed by atoms with Gasteiger partial charge in [0.2, 0.25) is 0 Å². The van der Waals surface area contributed by atoms with Gasteiger partial charge in [0.15, 0.2) is 19.5 Å². The number of carbonyl (C=O) groups excluding carboxylic acids is 4. The van der Waals surface area contributed by atoms with Crippen LogP contribution < -0.4 is 0 Å². The molecule has 8 heterocycles. The van der Waals surface area contributed by atoms with Crippen molar-refractivity contribution < 1.29 is 19.2 Å². The first-order valence-corrected chi connectivity index (χ1v) is 20.5. The predicted octanol–water partition coefficient (Wildman–Crippen LogP) is 3.06. The van der Waals surface area contributed by atoms with Crippen LogP contribution >= 0.6 is 22.7 Å². The van der Waals surface area contributed by atoms with Crippen molar-refractivity contribution >= 4 is 87.6 Å². The molecule has 0 aliphatic carbocycles. The maximum atomic E-state index is 13.2. The van der Waals surface area contributed by atoms with E-state index in [0.29, 0.717) is 12.8 Å². The van der Waals surface area contributed by atoms with E-state index in [0.717, 1.165) is 9.75 Å². The van der Waals surface area contributed by atoms with Crippen molar-refractivity contribution in [2.75, 3.05) is 14.1 Å². The van der Waals surface area contributed by atoms with Crippen LogP contribution in [0.1, 0.15) is 62.4 Å². The molecule has 6 fully saturated rings. The summed E-state index contributed by atoms with van der Waals surface area (Å²) in [5.74, 6) is -0.456. The Hall–Kier alpha value is -2.60. The summed E-state index contributed by atoms with van der Waals surface area (Å²) in [7, 11) is 1.56. The molecule has 46 heavy (non-hydrogen) atoms. The van der Waals surface area contributed by atoms with Gasteiger partial charge in [0.25, 0.3) is 23.6 Å². The lowest BCUT2D eigenvalue weighted by atomic mass is 9.82. The van der Waals surface area contributed by atoms with Gasteiger partial charge in [-0.05, 0) is 73.0 Å². The second kappa shape index (κ2) is 9.51. The Labute approximate surface area is 289 Å². The van der Waals surface area contributed by atoms with Gasteiger partial charge in [0.05, 0.1) is 35.1 Å². The molecule has 8 rings (SSSR count). The van der Waals surface area contributed by atoms with Crippen LogP contribution in [0.3, 0.4) is 0 Å². The van der Waals surface area contributed by atoms with Crippen molar-refractivity contribution in [3.05, 3.63) is 44.8 Å². The third kappa shape index (κ3) is 3.20. The number of thiophene rings is 2. The molecule has 2 aromatic rings. The summed E-state index contributed by atoms with van der Waals surface area (Å²) in [5, 5.41) is 23.5. The van der Waals surface area contributed by atoms with Crippen LogP contribution in [0, 0.1) is 33.5 Å². The summed E-state index contributed by atoms with van der Waals surface area (Å²) < 4.78 is 0. The maximum absolute atomic E-state index is 13.2. The lowest BCUT2D eigenvalue weighted by Gasteiger charge is -2.39. The van der Waals surface area contributed by atoms with E-state index in [-0.39, 0.29) is 23.6 Å². The van der Waals surface area contributed by atoms with Crippen LogP contribution in [0.4, 0.5) is 0 Å². The van der Waals surface area contributed by atoms with Crippen molar-refractivity contribution in [1.82, 2.24) is 19.6 Å². The van der Waals surface area contributed by atoms with Gasteiger partial charge >= 0.3 is 0 Å². The zero-order chi connectivity index (χ0) is 33.6. The average molecular weight is 731 g/mol. The predicted molar refractivity (Wildman–Crippen MR) is 182 cm³/mol. The number of rotatable bonds is 2. The standard InChI is InChI=1S/2C15H15N3O2S3/c2*1-13(8-16)7-15-12(20)17(3)14(2,23(15)21)11(19)18(15)10(13)9-5-4-6-22-9/h2*4-6,10H,7H2,1-3H3/t2*10?,13-,14+,15+,23?/m10/s1. The SMILES string of the molecule is CN1C(=O)[C@@]23C[C@](C)(C#N)C(c4cccs4)N2C(=O)[C@]1(C)S3=S.CN1C(=O)[C@]23C[C@@](C)(C#N)C(c4cccs4)N2C(=O)[C@@]1(C)S3=S. The van der Waals surface area contributed by atoms with Crippen LogP contribution in [0.2, 0.25) is 0 Å². The van der Waals surface area contributed by atoms with Crippen LogP contribution in [-0.2, 0) is 60.5 Å². The van der Waals surface area contributed by atoms with E-state index in [1.54, 1.807) is 37.7 Å². The van der Waals surface area contributed by atoms with Crippen molar-refractivity contribution in [3.8, 4) is 12.1 Å². The van der Waals surface area contributed by atoms with E-state index >= 15 is 0 Å². The number of carbonyl (C=O) groups is 4. The molecule has 4 amide bonds. The third-order valence-electron chi connectivity index (χ3n) is 11.0. The largest absolute Gasteiger partial charge is 0.320 e. The van der Waals surface area contributed by atoms with Crippen LogP contribution in [0.25, 0.3) is 0 Å². The van der Waals surface area contributed by atoms with Gasteiger partial charge in [-0.25, -0.2) is 0 Å². The number of amides is 4. The normalized spacial score (nSPS) is 44.8. The molecular formula is C30H30N6O4S6. The molecular weight excluding hydrogens is 701 g/mol. The average Bonchev–Trinajstić information content (AvgIpc) is 3.90. The van der Waals surface area contributed by atoms with Crippen molar-refractivity contribution in [1.29, 1.82) is 10.5 Å². The smallest absolute Gasteiger partial charge is 0.261 e. The van der Waals surface area contributed by atoms with Crippen molar-refractivity contribution in [2.24, 2.45) is 10.8 Å². The van der Waals surface area contributed by atoms with E-state index in [1.165, 1.54) is 32.5 Å². The molecule has 4 unspecified atom stereocenters. The summed E-state index contributed by atoms with van der Waals surface area (Å²) >= 11 is 14.5. The second-order valence-corrected chi connectivity index (χ2v) is 21.4. The highest BCUT2D eigenvalue weighted by molar-refractivity contribution is 8.32. The van der Waals surface area contributed by atoms with E-state index in [2.05, 4.69) is 12.1 Å². The van der Waals surface area contributed by atoms with Gasteiger partial charge in [0, 0.05) is 36.7 Å². The maximum Gasteiger partial charge on any atom is 0.261 e. The minimum absolute atomic E-state index is 0.113. The van der Waals surface area contributed by atoms with Gasteiger partial charge in [-0.2, -0.15) is 10.5 Å². The Bertz CT molecular complexity index is 1770.